The van der Waals surface area contributed by atoms with Crippen molar-refractivity contribution in [3.8, 4) is 0 Å². The first kappa shape index (κ1) is 24.2. The molecule has 8 heteroatoms. The number of piperazine rings is 1. The molecule has 2 aliphatic heterocycles. The zero-order chi connectivity index (χ0) is 24.7. The third-order valence-corrected chi connectivity index (χ3v) is 8.13. The number of hydrogen-bond acceptors (Lipinski definition) is 6. The van der Waals surface area contributed by atoms with Gasteiger partial charge in [-0.05, 0) is 59.8 Å². The molecular weight excluding hydrogens is 463 g/mol. The number of ether oxygens (including phenoxy) is 1. The number of halogens is 1. The van der Waals surface area contributed by atoms with Gasteiger partial charge in [0.15, 0.2) is 0 Å². The van der Waals surface area contributed by atoms with Gasteiger partial charge in [-0.3, -0.25) is 14.6 Å². The molecule has 3 aromatic rings. The van der Waals surface area contributed by atoms with Crippen LogP contribution in [0.25, 0.3) is 10.1 Å². The Morgan fingerprint density at radius 1 is 1.14 bits per heavy atom. The number of aryl methyl sites for hydroxylation is 1. The molecule has 5 rings (SSSR count). The Morgan fingerprint density at radius 3 is 2.66 bits per heavy atom. The van der Waals surface area contributed by atoms with E-state index >= 15 is 0 Å². The molecule has 0 aliphatic carbocycles. The van der Waals surface area contributed by atoms with Crippen molar-refractivity contribution in [3.63, 3.8) is 0 Å². The Hall–Kier alpha value is -2.55. The molecule has 2 aromatic carbocycles. The first-order valence-corrected chi connectivity index (χ1v) is 13.0. The zero-order valence-electron chi connectivity index (χ0n) is 20.9. The average molecular weight is 497 g/mol. The van der Waals surface area contributed by atoms with Gasteiger partial charge in [-0.25, -0.2) is 4.39 Å². The molecular formula is C27H33FN4O2S. The third kappa shape index (κ3) is 4.67. The Bertz CT molecular complexity index is 1250. The monoisotopic (exact) mass is 496 g/mol. The van der Waals surface area contributed by atoms with Crippen LogP contribution in [0.4, 0.5) is 15.9 Å². The fourth-order valence-electron chi connectivity index (χ4n) is 5.43. The number of aromatic nitrogens is 1. The molecule has 0 spiro atoms. The minimum atomic E-state index is -0.212. The van der Waals surface area contributed by atoms with Gasteiger partial charge in [0.25, 0.3) is 0 Å². The van der Waals surface area contributed by atoms with E-state index in [9.17, 15) is 9.18 Å². The third-order valence-electron chi connectivity index (χ3n) is 7.31. The lowest BCUT2D eigenvalue weighted by atomic mass is 9.75. The smallest absolute Gasteiger partial charge is 0.229 e. The van der Waals surface area contributed by atoms with Gasteiger partial charge in [-0.2, -0.15) is 4.37 Å². The molecule has 6 nitrogen and oxygen atoms in total. The highest BCUT2D eigenvalue weighted by Gasteiger charge is 2.37. The van der Waals surface area contributed by atoms with Crippen molar-refractivity contribution in [2.45, 2.75) is 39.0 Å². The zero-order valence-corrected chi connectivity index (χ0v) is 21.8. The van der Waals surface area contributed by atoms with Crippen LogP contribution in [0, 0.1) is 12.7 Å². The van der Waals surface area contributed by atoms with Gasteiger partial charge < -0.3 is 9.64 Å². The van der Waals surface area contributed by atoms with Gasteiger partial charge in [0.05, 0.1) is 10.4 Å². The number of benzene rings is 2. The van der Waals surface area contributed by atoms with E-state index in [0.717, 1.165) is 66.3 Å². The van der Waals surface area contributed by atoms with Crippen molar-refractivity contribution in [3.05, 3.63) is 52.8 Å². The van der Waals surface area contributed by atoms with Crippen molar-refractivity contribution in [1.29, 1.82) is 0 Å². The van der Waals surface area contributed by atoms with Crippen LogP contribution in [0.2, 0.25) is 0 Å². The molecule has 0 saturated carbocycles. The summed E-state index contributed by atoms with van der Waals surface area (Å²) in [5, 5.41) is 0.914. The summed E-state index contributed by atoms with van der Waals surface area (Å²) < 4.78 is 24.7. The minimum absolute atomic E-state index is 0.119. The predicted molar refractivity (Wildman–Crippen MR) is 140 cm³/mol. The average Bonchev–Trinajstić information content (AvgIpc) is 3.23. The molecule has 1 amide bonds. The van der Waals surface area contributed by atoms with Crippen LogP contribution < -0.4 is 9.80 Å². The number of nitrogens with zero attached hydrogens (tertiary/aromatic N) is 4. The van der Waals surface area contributed by atoms with Gasteiger partial charge in [-0.1, -0.05) is 26.0 Å². The summed E-state index contributed by atoms with van der Waals surface area (Å²) >= 11 is 1.44. The highest BCUT2D eigenvalue weighted by molar-refractivity contribution is 7.13. The van der Waals surface area contributed by atoms with E-state index in [2.05, 4.69) is 47.1 Å². The quantitative estimate of drug-likeness (QED) is 0.494. The first-order chi connectivity index (χ1) is 16.8. The fourth-order valence-corrected chi connectivity index (χ4v) is 6.20. The van der Waals surface area contributed by atoms with E-state index in [1.165, 1.54) is 28.7 Å². The van der Waals surface area contributed by atoms with Crippen molar-refractivity contribution in [2.75, 3.05) is 56.4 Å². The maximum absolute atomic E-state index is 13.8. The summed E-state index contributed by atoms with van der Waals surface area (Å²) in [6.45, 7) is 11.4. The highest BCUT2D eigenvalue weighted by atomic mass is 32.1. The Labute approximate surface area is 210 Å². The Kier molecular flexibility index (Phi) is 6.55. The number of methoxy groups -OCH3 is 1. The summed E-state index contributed by atoms with van der Waals surface area (Å²) in [4.78, 5) is 19.3. The number of fused-ring (bicyclic) bond motifs is 2. The van der Waals surface area contributed by atoms with Crippen molar-refractivity contribution in [1.82, 2.24) is 9.27 Å². The number of anilines is 2. The molecule has 1 fully saturated rings. The van der Waals surface area contributed by atoms with Crippen LogP contribution in [0.15, 0.2) is 30.3 Å². The standard InChI is InChI=1S/C27H33FN4O2S/c1-18-13-19(14-22-25(18)32(17-34-4)24(33)16-27(22,2)3)7-8-30-9-11-31(12-10-30)26-21-15-20(28)5-6-23(21)35-29-26/h5-6,13-15H,7-12,16-17H2,1-4H3. The van der Waals surface area contributed by atoms with Gasteiger partial charge in [0.1, 0.15) is 18.4 Å². The van der Waals surface area contributed by atoms with Gasteiger partial charge in [0.2, 0.25) is 5.91 Å². The van der Waals surface area contributed by atoms with Crippen LogP contribution in [0.3, 0.4) is 0 Å². The number of hydrogen-bond donors (Lipinski definition) is 0. The summed E-state index contributed by atoms with van der Waals surface area (Å²) in [5.74, 6) is 0.816. The summed E-state index contributed by atoms with van der Waals surface area (Å²) in [5.41, 5.74) is 4.49. The fraction of sp³-hybridized carbons (Fsp3) is 0.481. The van der Waals surface area contributed by atoms with E-state index in [0.29, 0.717) is 6.42 Å². The van der Waals surface area contributed by atoms with E-state index in [4.69, 9.17) is 4.74 Å². The predicted octanol–water partition coefficient (Wildman–Crippen LogP) is 4.73. The van der Waals surface area contributed by atoms with Crippen LogP contribution in [0.5, 0.6) is 0 Å². The second kappa shape index (κ2) is 9.48. The molecule has 0 N–H and O–H groups in total. The van der Waals surface area contributed by atoms with Gasteiger partial charge in [-0.15, -0.1) is 0 Å². The number of amides is 1. The van der Waals surface area contributed by atoms with Crippen molar-refractivity contribution >= 4 is 39.0 Å². The maximum atomic E-state index is 13.8. The minimum Gasteiger partial charge on any atom is -0.364 e. The summed E-state index contributed by atoms with van der Waals surface area (Å²) in [6.07, 6.45) is 1.46. The van der Waals surface area contributed by atoms with E-state index < -0.39 is 0 Å². The van der Waals surface area contributed by atoms with Crippen LogP contribution in [0.1, 0.15) is 37.0 Å². The van der Waals surface area contributed by atoms with Crippen LogP contribution in [-0.4, -0.2) is 61.7 Å². The van der Waals surface area contributed by atoms with Crippen LogP contribution >= 0.6 is 11.5 Å². The Morgan fingerprint density at radius 2 is 1.91 bits per heavy atom. The molecule has 186 valence electrons. The van der Waals surface area contributed by atoms with Gasteiger partial charge >= 0.3 is 0 Å². The normalized spacial score (nSPS) is 18.4. The molecule has 0 unspecified atom stereocenters. The van der Waals surface area contributed by atoms with Gasteiger partial charge in [0, 0.05) is 57.1 Å². The van der Waals surface area contributed by atoms with Crippen molar-refractivity contribution < 1.29 is 13.9 Å². The van der Waals surface area contributed by atoms with E-state index in [-0.39, 0.29) is 23.9 Å². The first-order valence-electron chi connectivity index (χ1n) is 12.2. The lowest BCUT2D eigenvalue weighted by Crippen LogP contribution is -2.47. The molecule has 35 heavy (non-hydrogen) atoms. The molecule has 1 saturated heterocycles. The topological polar surface area (TPSA) is 48.9 Å². The van der Waals surface area contributed by atoms with Crippen molar-refractivity contribution in [2.24, 2.45) is 0 Å². The summed E-state index contributed by atoms with van der Waals surface area (Å²) in [7, 11) is 1.63. The second-order valence-electron chi connectivity index (χ2n) is 10.3. The maximum Gasteiger partial charge on any atom is 0.229 e. The SMILES string of the molecule is COCN1C(=O)CC(C)(C)c2cc(CCN3CCN(c4nsc5ccc(F)cc45)CC3)cc(C)c21. The van der Waals surface area contributed by atoms with E-state index in [1.807, 2.05) is 6.07 Å². The number of carbonyl (C=O) groups excluding carboxylic acids is 1. The number of carbonyl (C=O) groups is 1. The molecule has 2 aliphatic rings. The molecule has 0 bridgehead atoms. The van der Waals surface area contributed by atoms with Crippen LogP contribution in [-0.2, 0) is 21.4 Å². The lowest BCUT2D eigenvalue weighted by molar-refractivity contribution is -0.121. The van der Waals surface area contributed by atoms with E-state index in [1.54, 1.807) is 18.1 Å². The molecule has 0 atom stereocenters. The Balaban J connectivity index is 1.26. The largest absolute Gasteiger partial charge is 0.364 e. The second-order valence-corrected chi connectivity index (χ2v) is 11.1. The highest BCUT2D eigenvalue weighted by Crippen LogP contribution is 2.42. The molecule has 0 radical (unpaired) electrons. The molecule has 1 aromatic heterocycles. The molecule has 3 heterocycles. The summed E-state index contributed by atoms with van der Waals surface area (Å²) in [6, 6.07) is 9.43. The lowest BCUT2D eigenvalue weighted by Gasteiger charge is -2.40. The number of rotatable bonds is 6.